The van der Waals surface area contributed by atoms with E-state index in [1.165, 1.54) is 25.8 Å². The van der Waals surface area contributed by atoms with Gasteiger partial charge in [-0.2, -0.15) is 0 Å². The minimum atomic E-state index is 0. The molecule has 0 aliphatic heterocycles. The van der Waals surface area contributed by atoms with Crippen LogP contribution in [0.2, 0.25) is 0 Å². The fourth-order valence-electron chi connectivity index (χ4n) is 1.43. The first-order valence-electron chi connectivity index (χ1n) is 3.61. The van der Waals surface area contributed by atoms with Gasteiger partial charge in [-0.3, -0.25) is 0 Å². The Bertz CT molecular complexity index is 79.0. The Morgan fingerprint density at radius 3 is 2.11 bits per heavy atom. The molecule has 0 unspecified atom stereocenters. The number of hydrogen-bond acceptors (Lipinski definition) is 0. The van der Waals surface area contributed by atoms with E-state index in [1.807, 2.05) is 0 Å². The van der Waals surface area contributed by atoms with E-state index >= 15 is 0 Å². The first-order chi connectivity index (χ1) is 3.77. The van der Waals surface area contributed by atoms with Crippen molar-refractivity contribution in [2.45, 2.75) is 38.6 Å². The van der Waals surface area contributed by atoms with Crippen LogP contribution in [0.15, 0.2) is 0 Å². The highest BCUT2D eigenvalue weighted by Gasteiger charge is 2.34. The van der Waals surface area contributed by atoms with Crippen LogP contribution < -0.4 is 17.7 Å². The molecule has 1 aliphatic carbocycles. The first-order valence-corrected chi connectivity index (χ1v) is 3.61. The van der Waals surface area contributed by atoms with Crippen molar-refractivity contribution in [3.63, 3.8) is 0 Å². The van der Waals surface area contributed by atoms with Crippen LogP contribution in [0.4, 0.5) is 0 Å². The molecule has 2 N–H and O–H groups in total. The maximum absolute atomic E-state index is 2.45. The van der Waals surface area contributed by atoms with Crippen LogP contribution in [0.1, 0.15) is 33.1 Å². The van der Waals surface area contributed by atoms with Gasteiger partial charge in [0.15, 0.2) is 0 Å². The molecule has 0 aromatic rings. The van der Waals surface area contributed by atoms with Crippen LogP contribution in [-0.2, 0) is 0 Å². The first kappa shape index (κ1) is 9.25. The van der Waals surface area contributed by atoms with Crippen molar-refractivity contribution < 1.29 is 17.7 Å². The molecular weight excluding hydrogens is 134 g/mol. The number of rotatable bonds is 2. The van der Waals surface area contributed by atoms with Gasteiger partial charge >= 0.3 is 0 Å². The third-order valence-corrected chi connectivity index (χ3v) is 2.19. The summed E-state index contributed by atoms with van der Waals surface area (Å²) in [6.07, 6.45) is 4.31. The number of quaternary nitrogens is 1. The zero-order valence-corrected chi connectivity index (χ0v) is 7.04. The molecule has 0 bridgehead atoms. The van der Waals surface area contributed by atoms with Crippen LogP contribution in [0.25, 0.3) is 0 Å². The number of hydrogen-bond donors (Lipinski definition) is 1. The second-order valence-corrected chi connectivity index (χ2v) is 3.12. The quantitative estimate of drug-likeness (QED) is 0.448. The van der Waals surface area contributed by atoms with Crippen LogP contribution in [0, 0.1) is 0 Å². The Kier molecular flexibility index (Phi) is 3.52. The third-order valence-electron chi connectivity index (χ3n) is 2.19. The molecule has 1 nitrogen and oxygen atoms in total. The summed E-state index contributed by atoms with van der Waals surface area (Å²) in [5.41, 5.74) is 0.648. The topological polar surface area (TPSA) is 16.6 Å². The average molecular weight is 150 g/mol. The highest BCUT2D eigenvalue weighted by atomic mass is 35.5. The van der Waals surface area contributed by atoms with Gasteiger partial charge in [-0.25, -0.2) is 0 Å². The molecule has 0 radical (unpaired) electrons. The molecule has 56 valence electrons. The van der Waals surface area contributed by atoms with Crippen molar-refractivity contribution >= 4 is 0 Å². The summed E-state index contributed by atoms with van der Waals surface area (Å²) in [7, 11) is 0. The highest BCUT2D eigenvalue weighted by molar-refractivity contribution is 4.81. The van der Waals surface area contributed by atoms with Crippen molar-refractivity contribution in [3.8, 4) is 0 Å². The lowest BCUT2D eigenvalue weighted by Crippen LogP contribution is -3.00. The summed E-state index contributed by atoms with van der Waals surface area (Å²) in [6, 6.07) is 0. The molecule has 0 amide bonds. The van der Waals surface area contributed by atoms with Gasteiger partial charge in [0.05, 0.1) is 12.1 Å². The van der Waals surface area contributed by atoms with Gasteiger partial charge in [0.1, 0.15) is 0 Å². The average Bonchev–Trinajstić information content (AvgIpc) is 1.64. The highest BCUT2D eigenvalue weighted by Crippen LogP contribution is 2.26. The van der Waals surface area contributed by atoms with E-state index < -0.39 is 0 Å². The van der Waals surface area contributed by atoms with Crippen molar-refractivity contribution in [3.05, 3.63) is 0 Å². The summed E-state index contributed by atoms with van der Waals surface area (Å²) in [5.74, 6) is 0. The Labute approximate surface area is 63.6 Å². The van der Waals surface area contributed by atoms with Crippen molar-refractivity contribution in [1.29, 1.82) is 0 Å². The predicted molar refractivity (Wildman–Crippen MR) is 34.7 cm³/mol. The van der Waals surface area contributed by atoms with Gasteiger partial charge in [-0.1, -0.05) is 0 Å². The third kappa shape index (κ3) is 2.15. The largest absolute Gasteiger partial charge is 1.00 e. The summed E-state index contributed by atoms with van der Waals surface area (Å²) in [6.45, 7) is 5.83. The Morgan fingerprint density at radius 1 is 1.44 bits per heavy atom. The molecule has 1 aliphatic rings. The Morgan fingerprint density at radius 2 is 2.00 bits per heavy atom. The van der Waals surface area contributed by atoms with E-state index in [9.17, 15) is 0 Å². The lowest BCUT2D eigenvalue weighted by Gasteiger charge is -2.35. The molecule has 0 aromatic carbocycles. The minimum Gasteiger partial charge on any atom is -1.00 e. The van der Waals surface area contributed by atoms with Gasteiger partial charge in [-0.05, 0) is 20.3 Å². The molecule has 0 atom stereocenters. The van der Waals surface area contributed by atoms with Gasteiger partial charge in [0, 0.05) is 12.8 Å². The van der Waals surface area contributed by atoms with Crippen LogP contribution >= 0.6 is 0 Å². The lowest BCUT2D eigenvalue weighted by molar-refractivity contribution is -0.732. The molecule has 2 heteroatoms. The minimum absolute atomic E-state index is 0. The lowest BCUT2D eigenvalue weighted by atomic mass is 9.79. The maximum Gasteiger partial charge on any atom is 0.0932 e. The molecule has 0 saturated heterocycles. The van der Waals surface area contributed by atoms with E-state index in [0.717, 1.165) is 0 Å². The van der Waals surface area contributed by atoms with Crippen LogP contribution in [-0.4, -0.2) is 12.1 Å². The van der Waals surface area contributed by atoms with Crippen LogP contribution in [0.5, 0.6) is 0 Å². The van der Waals surface area contributed by atoms with Gasteiger partial charge < -0.3 is 17.7 Å². The van der Waals surface area contributed by atoms with E-state index in [4.69, 9.17) is 0 Å². The van der Waals surface area contributed by atoms with Crippen LogP contribution in [0.3, 0.4) is 0 Å². The fraction of sp³-hybridized carbons (Fsp3) is 1.00. The second-order valence-electron chi connectivity index (χ2n) is 3.12. The molecule has 0 aromatic heterocycles. The maximum atomic E-state index is 2.45. The van der Waals surface area contributed by atoms with Crippen molar-refractivity contribution in [1.82, 2.24) is 0 Å². The van der Waals surface area contributed by atoms with Crippen molar-refractivity contribution in [2.75, 3.05) is 6.54 Å². The van der Waals surface area contributed by atoms with Gasteiger partial charge in [-0.15, -0.1) is 0 Å². The monoisotopic (exact) mass is 149 g/mol. The summed E-state index contributed by atoms with van der Waals surface area (Å²) >= 11 is 0. The number of nitrogens with two attached hydrogens (primary N) is 1. The smallest absolute Gasteiger partial charge is 0.0932 e. The summed E-state index contributed by atoms with van der Waals surface area (Å²) in [5, 5.41) is 2.45. The zero-order chi connectivity index (χ0) is 6.04. The SMILES string of the molecule is CC[NH2+]C1(C)CCC1.[Cl-]. The molecule has 9 heavy (non-hydrogen) atoms. The second kappa shape index (κ2) is 3.43. The Balaban J connectivity index is 0.000000640. The van der Waals surface area contributed by atoms with E-state index in [1.54, 1.807) is 0 Å². The fourth-order valence-corrected chi connectivity index (χ4v) is 1.43. The zero-order valence-electron chi connectivity index (χ0n) is 6.28. The summed E-state index contributed by atoms with van der Waals surface area (Å²) in [4.78, 5) is 0. The predicted octanol–water partition coefficient (Wildman–Crippen LogP) is -2.48. The molecule has 1 fully saturated rings. The molecular formula is C7H16ClN. The standard InChI is InChI=1S/C7H15N.ClH/c1-3-8-7(2)5-4-6-7;/h8H,3-6H2,1-2H3;1H. The molecule has 0 spiro atoms. The van der Waals surface area contributed by atoms with E-state index in [-0.39, 0.29) is 12.4 Å². The van der Waals surface area contributed by atoms with Crippen molar-refractivity contribution in [2.24, 2.45) is 0 Å². The molecule has 1 rings (SSSR count). The summed E-state index contributed by atoms with van der Waals surface area (Å²) < 4.78 is 0. The normalized spacial score (nSPS) is 22.0. The number of halogens is 1. The van der Waals surface area contributed by atoms with Gasteiger partial charge in [0.25, 0.3) is 0 Å². The Hall–Kier alpha value is 0.250. The van der Waals surface area contributed by atoms with Gasteiger partial charge in [0.2, 0.25) is 0 Å². The molecule has 1 saturated carbocycles. The van der Waals surface area contributed by atoms with E-state index in [0.29, 0.717) is 5.54 Å². The molecule has 0 heterocycles. The van der Waals surface area contributed by atoms with E-state index in [2.05, 4.69) is 19.2 Å².